The average molecular weight is 214 g/mol. The van der Waals surface area contributed by atoms with Crippen LogP contribution >= 0.6 is 11.5 Å². The van der Waals surface area contributed by atoms with Crippen molar-refractivity contribution in [3.63, 3.8) is 0 Å². The average Bonchev–Trinajstić information content (AvgIpc) is 2.61. The SMILES string of the molecule is CCc1nsc(N(CCN)C(C)C)n1. The molecule has 0 aliphatic carbocycles. The number of aromatic nitrogens is 2. The van der Waals surface area contributed by atoms with Crippen LogP contribution in [0.5, 0.6) is 0 Å². The Bertz CT molecular complexity index is 272. The molecule has 2 N–H and O–H groups in total. The minimum Gasteiger partial charge on any atom is -0.343 e. The first kappa shape index (κ1) is 11.4. The molecule has 0 aromatic carbocycles. The molecular formula is C9H18N4S. The number of hydrogen-bond donors (Lipinski definition) is 1. The molecule has 1 aromatic heterocycles. The van der Waals surface area contributed by atoms with Crippen molar-refractivity contribution in [1.29, 1.82) is 0 Å². The summed E-state index contributed by atoms with van der Waals surface area (Å²) >= 11 is 1.46. The Labute approximate surface area is 89.3 Å². The van der Waals surface area contributed by atoms with Crippen molar-refractivity contribution in [2.75, 3.05) is 18.0 Å². The van der Waals surface area contributed by atoms with E-state index in [0.717, 1.165) is 23.9 Å². The number of aryl methyl sites for hydroxylation is 1. The summed E-state index contributed by atoms with van der Waals surface area (Å²) in [5, 5.41) is 0.988. The van der Waals surface area contributed by atoms with E-state index in [9.17, 15) is 0 Å². The molecule has 0 saturated carbocycles. The van der Waals surface area contributed by atoms with Crippen LogP contribution in [0.4, 0.5) is 5.13 Å². The van der Waals surface area contributed by atoms with Gasteiger partial charge in [0.25, 0.3) is 0 Å². The minimum absolute atomic E-state index is 0.427. The Kier molecular flexibility index (Phi) is 4.28. The Balaban J connectivity index is 2.76. The summed E-state index contributed by atoms with van der Waals surface area (Å²) in [6.07, 6.45) is 0.894. The molecule has 4 nitrogen and oxygen atoms in total. The van der Waals surface area contributed by atoms with Crippen LogP contribution in [0.1, 0.15) is 26.6 Å². The second-order valence-electron chi connectivity index (χ2n) is 3.42. The minimum atomic E-state index is 0.427. The zero-order chi connectivity index (χ0) is 10.6. The largest absolute Gasteiger partial charge is 0.343 e. The Morgan fingerprint density at radius 1 is 1.50 bits per heavy atom. The fraction of sp³-hybridized carbons (Fsp3) is 0.778. The van der Waals surface area contributed by atoms with E-state index in [1.54, 1.807) is 0 Å². The van der Waals surface area contributed by atoms with Crippen molar-refractivity contribution in [2.24, 2.45) is 5.73 Å². The zero-order valence-electron chi connectivity index (χ0n) is 9.03. The quantitative estimate of drug-likeness (QED) is 0.802. The van der Waals surface area contributed by atoms with Crippen molar-refractivity contribution in [3.8, 4) is 0 Å². The maximum Gasteiger partial charge on any atom is 0.205 e. The normalized spacial score (nSPS) is 10.9. The molecule has 1 heterocycles. The van der Waals surface area contributed by atoms with Crippen LogP contribution in [0.3, 0.4) is 0 Å². The third kappa shape index (κ3) is 2.65. The van der Waals surface area contributed by atoms with Gasteiger partial charge in [0.15, 0.2) is 0 Å². The topological polar surface area (TPSA) is 55.0 Å². The van der Waals surface area contributed by atoms with Gasteiger partial charge in [-0.25, -0.2) is 4.98 Å². The summed E-state index contributed by atoms with van der Waals surface area (Å²) in [6, 6.07) is 0.427. The van der Waals surface area contributed by atoms with Gasteiger partial charge in [-0.3, -0.25) is 0 Å². The summed E-state index contributed by atoms with van der Waals surface area (Å²) in [4.78, 5) is 6.64. The van der Waals surface area contributed by atoms with Crippen LogP contribution in [0.2, 0.25) is 0 Å². The van der Waals surface area contributed by atoms with Crippen molar-refractivity contribution in [1.82, 2.24) is 9.36 Å². The second kappa shape index (κ2) is 5.26. The highest BCUT2D eigenvalue weighted by Gasteiger charge is 2.13. The predicted molar refractivity (Wildman–Crippen MR) is 60.8 cm³/mol. The molecule has 0 bridgehead atoms. The van der Waals surface area contributed by atoms with E-state index in [2.05, 4.69) is 35.0 Å². The first-order valence-corrected chi connectivity index (χ1v) is 5.75. The van der Waals surface area contributed by atoms with Gasteiger partial charge in [-0.15, -0.1) is 0 Å². The fourth-order valence-electron chi connectivity index (χ4n) is 1.22. The van der Waals surface area contributed by atoms with Crippen molar-refractivity contribution < 1.29 is 0 Å². The van der Waals surface area contributed by atoms with Gasteiger partial charge in [0, 0.05) is 37.1 Å². The maximum atomic E-state index is 5.56. The number of nitrogens with two attached hydrogens (primary N) is 1. The lowest BCUT2D eigenvalue weighted by atomic mass is 10.3. The fourth-order valence-corrected chi connectivity index (χ4v) is 2.13. The third-order valence-electron chi connectivity index (χ3n) is 2.01. The van der Waals surface area contributed by atoms with Crippen LogP contribution in [-0.4, -0.2) is 28.5 Å². The molecule has 14 heavy (non-hydrogen) atoms. The van der Waals surface area contributed by atoms with Gasteiger partial charge in [0.2, 0.25) is 5.13 Å². The standard InChI is InChI=1S/C9H18N4S/c1-4-8-11-9(14-12-8)13(6-5-10)7(2)3/h7H,4-6,10H2,1-3H3. The molecule has 0 aliphatic rings. The van der Waals surface area contributed by atoms with Crippen LogP contribution < -0.4 is 10.6 Å². The van der Waals surface area contributed by atoms with Gasteiger partial charge in [0.1, 0.15) is 5.82 Å². The van der Waals surface area contributed by atoms with Crippen LogP contribution in [0.25, 0.3) is 0 Å². The van der Waals surface area contributed by atoms with Crippen LogP contribution in [0.15, 0.2) is 0 Å². The maximum absolute atomic E-state index is 5.56. The molecule has 1 aromatic rings. The summed E-state index contributed by atoms with van der Waals surface area (Å²) in [7, 11) is 0. The molecular weight excluding hydrogens is 196 g/mol. The molecule has 0 atom stereocenters. The van der Waals surface area contributed by atoms with E-state index in [-0.39, 0.29) is 0 Å². The van der Waals surface area contributed by atoms with E-state index in [1.165, 1.54) is 11.5 Å². The van der Waals surface area contributed by atoms with Gasteiger partial charge in [-0.1, -0.05) is 6.92 Å². The molecule has 5 heteroatoms. The predicted octanol–water partition coefficient (Wildman–Crippen LogP) is 1.27. The lowest BCUT2D eigenvalue weighted by molar-refractivity contribution is 0.680. The van der Waals surface area contributed by atoms with Gasteiger partial charge in [-0.2, -0.15) is 4.37 Å². The Morgan fingerprint density at radius 3 is 2.64 bits per heavy atom. The molecule has 0 unspecified atom stereocenters. The lowest BCUT2D eigenvalue weighted by Gasteiger charge is -2.24. The van der Waals surface area contributed by atoms with Gasteiger partial charge in [0.05, 0.1) is 0 Å². The number of anilines is 1. The smallest absolute Gasteiger partial charge is 0.205 e. The van der Waals surface area contributed by atoms with Gasteiger partial charge in [-0.05, 0) is 13.8 Å². The van der Waals surface area contributed by atoms with Crippen molar-refractivity contribution in [3.05, 3.63) is 5.82 Å². The van der Waals surface area contributed by atoms with Gasteiger partial charge >= 0.3 is 0 Å². The zero-order valence-corrected chi connectivity index (χ0v) is 9.84. The van der Waals surface area contributed by atoms with Crippen LogP contribution in [0, 0.1) is 0 Å². The molecule has 80 valence electrons. The second-order valence-corrected chi connectivity index (χ2v) is 4.15. The number of nitrogens with zero attached hydrogens (tertiary/aromatic N) is 3. The Morgan fingerprint density at radius 2 is 2.21 bits per heavy atom. The van der Waals surface area contributed by atoms with Crippen LogP contribution in [-0.2, 0) is 6.42 Å². The van der Waals surface area contributed by atoms with Crippen molar-refractivity contribution >= 4 is 16.7 Å². The monoisotopic (exact) mass is 214 g/mol. The summed E-state index contributed by atoms with van der Waals surface area (Å²) < 4.78 is 4.27. The summed E-state index contributed by atoms with van der Waals surface area (Å²) in [6.45, 7) is 7.84. The highest BCUT2D eigenvalue weighted by atomic mass is 32.1. The van der Waals surface area contributed by atoms with E-state index in [1.807, 2.05) is 0 Å². The van der Waals surface area contributed by atoms with Gasteiger partial charge < -0.3 is 10.6 Å². The molecule has 0 amide bonds. The van der Waals surface area contributed by atoms with E-state index < -0.39 is 0 Å². The number of rotatable bonds is 5. The summed E-state index contributed by atoms with van der Waals surface area (Å²) in [5.74, 6) is 0.924. The summed E-state index contributed by atoms with van der Waals surface area (Å²) in [5.41, 5.74) is 5.56. The highest BCUT2D eigenvalue weighted by Crippen LogP contribution is 2.19. The third-order valence-corrected chi connectivity index (χ3v) is 2.80. The first-order chi connectivity index (χ1) is 6.69. The molecule has 0 aliphatic heterocycles. The van der Waals surface area contributed by atoms with Crippen molar-refractivity contribution in [2.45, 2.75) is 33.2 Å². The molecule has 0 radical (unpaired) electrons. The Hall–Kier alpha value is -0.680. The first-order valence-electron chi connectivity index (χ1n) is 4.98. The highest BCUT2D eigenvalue weighted by molar-refractivity contribution is 7.09. The van der Waals surface area contributed by atoms with E-state index in [0.29, 0.717) is 12.6 Å². The molecule has 1 rings (SSSR count). The van der Waals surface area contributed by atoms with E-state index >= 15 is 0 Å². The molecule has 0 fully saturated rings. The molecule has 0 spiro atoms. The molecule has 0 saturated heterocycles. The van der Waals surface area contributed by atoms with E-state index in [4.69, 9.17) is 5.73 Å². The number of hydrogen-bond acceptors (Lipinski definition) is 5. The lowest BCUT2D eigenvalue weighted by Crippen LogP contribution is -2.35.